The maximum Gasteiger partial charge on any atom is 0.0717 e. The van der Waals surface area contributed by atoms with E-state index in [4.69, 9.17) is 9.84 Å². The Balaban J connectivity index is 2.72. The van der Waals surface area contributed by atoms with E-state index in [9.17, 15) is 0 Å². The van der Waals surface area contributed by atoms with Crippen LogP contribution in [0.4, 0.5) is 5.69 Å². The van der Waals surface area contributed by atoms with E-state index in [0.29, 0.717) is 6.61 Å². The number of hydrogen-bond donors (Lipinski definition) is 1. The lowest BCUT2D eigenvalue weighted by atomic mass is 10.2. The summed E-state index contributed by atoms with van der Waals surface area (Å²) in [6.45, 7) is 1.48. The van der Waals surface area contributed by atoms with Crippen LogP contribution < -0.4 is 4.90 Å². The molecule has 1 N–H and O–H groups in total. The molecule has 0 aliphatic rings. The fraction of sp³-hybridized carbons (Fsp3) is 0.500. The van der Waals surface area contributed by atoms with Crippen molar-refractivity contribution in [1.29, 1.82) is 0 Å². The molecule has 0 aliphatic carbocycles. The van der Waals surface area contributed by atoms with Crippen LogP contribution in [0.1, 0.15) is 5.56 Å². The topological polar surface area (TPSA) is 45.6 Å². The van der Waals surface area contributed by atoms with Crippen molar-refractivity contribution in [2.75, 3.05) is 32.2 Å². The number of methoxy groups -OCH3 is 1. The molecule has 0 saturated carbocycles. The SMILES string of the molecule is COCCN(C)c1ccncc1CO. The van der Waals surface area contributed by atoms with Gasteiger partial charge in [-0.05, 0) is 6.07 Å². The Morgan fingerprint density at radius 3 is 3.00 bits per heavy atom. The van der Waals surface area contributed by atoms with Gasteiger partial charge in [0.15, 0.2) is 0 Å². The van der Waals surface area contributed by atoms with Crippen LogP contribution in [-0.2, 0) is 11.3 Å². The van der Waals surface area contributed by atoms with Crippen LogP contribution in [0.2, 0.25) is 0 Å². The number of hydrogen-bond acceptors (Lipinski definition) is 4. The first kappa shape index (κ1) is 10.9. The van der Waals surface area contributed by atoms with Crippen molar-refractivity contribution < 1.29 is 9.84 Å². The molecule has 4 heteroatoms. The molecule has 0 amide bonds. The summed E-state index contributed by atoms with van der Waals surface area (Å²) < 4.78 is 4.99. The average Bonchev–Trinajstić information content (AvgIpc) is 2.25. The molecule has 1 aromatic rings. The number of aliphatic hydroxyl groups is 1. The maximum absolute atomic E-state index is 9.09. The normalized spacial score (nSPS) is 10.2. The third-order valence-electron chi connectivity index (χ3n) is 2.09. The molecular formula is C10H16N2O2. The number of aromatic nitrogens is 1. The summed E-state index contributed by atoms with van der Waals surface area (Å²) in [5.74, 6) is 0. The van der Waals surface area contributed by atoms with Gasteiger partial charge in [0.25, 0.3) is 0 Å². The lowest BCUT2D eigenvalue weighted by molar-refractivity contribution is 0.206. The fourth-order valence-electron chi connectivity index (χ4n) is 1.26. The number of aliphatic hydroxyl groups excluding tert-OH is 1. The van der Waals surface area contributed by atoms with Gasteiger partial charge in [-0.15, -0.1) is 0 Å². The predicted molar refractivity (Wildman–Crippen MR) is 55.3 cm³/mol. The third-order valence-corrected chi connectivity index (χ3v) is 2.09. The number of anilines is 1. The lowest BCUT2D eigenvalue weighted by Crippen LogP contribution is -2.23. The van der Waals surface area contributed by atoms with Crippen molar-refractivity contribution >= 4 is 5.69 Å². The molecular weight excluding hydrogens is 180 g/mol. The Bertz CT molecular complexity index is 279. The van der Waals surface area contributed by atoms with Crippen LogP contribution in [-0.4, -0.2) is 37.4 Å². The van der Waals surface area contributed by atoms with Crippen molar-refractivity contribution in [2.24, 2.45) is 0 Å². The summed E-state index contributed by atoms with van der Waals surface area (Å²) in [5, 5.41) is 9.09. The van der Waals surface area contributed by atoms with Gasteiger partial charge in [-0.25, -0.2) is 0 Å². The smallest absolute Gasteiger partial charge is 0.0717 e. The molecule has 0 bridgehead atoms. The predicted octanol–water partition coefficient (Wildman–Crippen LogP) is 0.657. The largest absolute Gasteiger partial charge is 0.392 e. The first-order valence-corrected chi connectivity index (χ1v) is 4.53. The fourth-order valence-corrected chi connectivity index (χ4v) is 1.26. The summed E-state index contributed by atoms with van der Waals surface area (Å²) in [6.07, 6.45) is 3.40. The van der Waals surface area contributed by atoms with Gasteiger partial charge in [0.1, 0.15) is 0 Å². The highest BCUT2D eigenvalue weighted by atomic mass is 16.5. The third kappa shape index (κ3) is 2.68. The van der Waals surface area contributed by atoms with Crippen molar-refractivity contribution in [1.82, 2.24) is 4.98 Å². The zero-order valence-corrected chi connectivity index (χ0v) is 8.60. The highest BCUT2D eigenvalue weighted by Gasteiger charge is 2.05. The molecule has 78 valence electrons. The number of rotatable bonds is 5. The van der Waals surface area contributed by atoms with Gasteiger partial charge in [-0.1, -0.05) is 0 Å². The molecule has 0 atom stereocenters. The second kappa shape index (κ2) is 5.57. The van der Waals surface area contributed by atoms with Gasteiger partial charge in [-0.3, -0.25) is 4.98 Å². The van der Waals surface area contributed by atoms with E-state index in [2.05, 4.69) is 4.98 Å². The minimum absolute atomic E-state index is 0.0144. The van der Waals surface area contributed by atoms with Crippen LogP contribution in [0.3, 0.4) is 0 Å². The first-order chi connectivity index (χ1) is 6.79. The summed E-state index contributed by atoms with van der Waals surface area (Å²) >= 11 is 0. The second-order valence-electron chi connectivity index (χ2n) is 3.08. The number of ether oxygens (including phenoxy) is 1. The maximum atomic E-state index is 9.09. The van der Waals surface area contributed by atoms with E-state index < -0.39 is 0 Å². The van der Waals surface area contributed by atoms with Crippen LogP contribution in [0.5, 0.6) is 0 Å². The van der Waals surface area contributed by atoms with Crippen molar-refractivity contribution in [2.45, 2.75) is 6.61 Å². The van der Waals surface area contributed by atoms with E-state index in [1.165, 1.54) is 0 Å². The Morgan fingerprint density at radius 2 is 2.36 bits per heavy atom. The van der Waals surface area contributed by atoms with Crippen LogP contribution in [0, 0.1) is 0 Å². The zero-order chi connectivity index (χ0) is 10.4. The van der Waals surface area contributed by atoms with Crippen molar-refractivity contribution in [3.63, 3.8) is 0 Å². The Hall–Kier alpha value is -1.13. The highest BCUT2D eigenvalue weighted by Crippen LogP contribution is 2.17. The molecule has 0 unspecified atom stereocenters. The first-order valence-electron chi connectivity index (χ1n) is 4.53. The number of pyridine rings is 1. The van der Waals surface area contributed by atoms with Crippen molar-refractivity contribution in [3.05, 3.63) is 24.0 Å². The molecule has 1 heterocycles. The second-order valence-corrected chi connectivity index (χ2v) is 3.08. The van der Waals surface area contributed by atoms with Gasteiger partial charge in [0, 0.05) is 44.3 Å². The Kier molecular flexibility index (Phi) is 4.35. The molecule has 0 radical (unpaired) electrons. The molecule has 1 rings (SSSR count). The van der Waals surface area contributed by atoms with Gasteiger partial charge in [0.2, 0.25) is 0 Å². The Labute approximate surface area is 84.1 Å². The van der Waals surface area contributed by atoms with E-state index in [1.54, 1.807) is 19.5 Å². The quantitative estimate of drug-likeness (QED) is 0.751. The molecule has 0 saturated heterocycles. The molecule has 0 aromatic carbocycles. The van der Waals surface area contributed by atoms with Gasteiger partial charge < -0.3 is 14.7 Å². The van der Waals surface area contributed by atoms with Crippen LogP contribution in [0.25, 0.3) is 0 Å². The summed E-state index contributed by atoms with van der Waals surface area (Å²) in [4.78, 5) is 6.00. The summed E-state index contributed by atoms with van der Waals surface area (Å²) in [6, 6.07) is 1.89. The minimum atomic E-state index is 0.0144. The molecule has 14 heavy (non-hydrogen) atoms. The summed E-state index contributed by atoms with van der Waals surface area (Å²) in [7, 11) is 3.64. The van der Waals surface area contributed by atoms with E-state index in [1.807, 2.05) is 18.0 Å². The van der Waals surface area contributed by atoms with E-state index >= 15 is 0 Å². The lowest BCUT2D eigenvalue weighted by Gasteiger charge is -2.20. The van der Waals surface area contributed by atoms with Crippen molar-refractivity contribution in [3.8, 4) is 0 Å². The highest BCUT2D eigenvalue weighted by molar-refractivity contribution is 5.51. The van der Waals surface area contributed by atoms with Crippen LogP contribution in [0.15, 0.2) is 18.5 Å². The summed E-state index contributed by atoms with van der Waals surface area (Å²) in [5.41, 5.74) is 1.84. The number of likely N-dealkylation sites (N-methyl/N-ethyl adjacent to an activating group) is 1. The van der Waals surface area contributed by atoms with E-state index in [0.717, 1.165) is 17.8 Å². The zero-order valence-electron chi connectivity index (χ0n) is 8.60. The van der Waals surface area contributed by atoms with Gasteiger partial charge in [0.05, 0.1) is 13.2 Å². The molecule has 0 spiro atoms. The van der Waals surface area contributed by atoms with Gasteiger partial charge >= 0.3 is 0 Å². The standard InChI is InChI=1S/C10H16N2O2/c1-12(5-6-14-2)10-3-4-11-7-9(10)8-13/h3-4,7,13H,5-6,8H2,1-2H3. The molecule has 0 fully saturated rings. The Morgan fingerprint density at radius 1 is 1.57 bits per heavy atom. The molecule has 0 aliphatic heterocycles. The average molecular weight is 196 g/mol. The minimum Gasteiger partial charge on any atom is -0.392 e. The monoisotopic (exact) mass is 196 g/mol. The molecule has 1 aromatic heterocycles. The molecule has 4 nitrogen and oxygen atoms in total. The van der Waals surface area contributed by atoms with E-state index in [-0.39, 0.29) is 6.61 Å². The number of nitrogens with zero attached hydrogens (tertiary/aromatic N) is 2. The van der Waals surface area contributed by atoms with Gasteiger partial charge in [-0.2, -0.15) is 0 Å². The van der Waals surface area contributed by atoms with Crippen LogP contribution >= 0.6 is 0 Å².